The van der Waals surface area contributed by atoms with Gasteiger partial charge in [-0.15, -0.1) is 0 Å². The lowest BCUT2D eigenvalue weighted by Gasteiger charge is -2.10. The number of rotatable bonds is 2. The number of nitrogens with zero attached hydrogens (tertiary/aromatic N) is 2. The van der Waals surface area contributed by atoms with Crippen LogP contribution in [0.2, 0.25) is 0 Å². The number of imidazole rings is 1. The second kappa shape index (κ2) is 7.21. The molecule has 176 valence electrons. The molecule has 6 aromatic carbocycles. The molecule has 0 saturated carbocycles. The van der Waals surface area contributed by atoms with Gasteiger partial charge in [-0.2, -0.15) is 0 Å². The van der Waals surface area contributed by atoms with E-state index in [1.807, 2.05) is 12.1 Å². The molecule has 3 nitrogen and oxygen atoms in total. The number of aromatic nitrogens is 2. The highest BCUT2D eigenvalue weighted by Gasteiger charge is 2.24. The number of para-hydroxylation sites is 2. The smallest absolute Gasteiger partial charge is 0.145 e. The standard InChI is InChI=1S/C35H20N2O/c1-2-9-21(10-3-1)35-36-30-15-6-7-16-31(30)37(35)22-17-18-32-27(19-22)29-20-28-24-12-5-4-11-23(24)25-13-8-14-26(33(25)28)34(29)38-32/h1-20H. The van der Waals surface area contributed by atoms with Crippen LogP contribution < -0.4 is 0 Å². The highest BCUT2D eigenvalue weighted by atomic mass is 16.3. The molecule has 0 fully saturated rings. The van der Waals surface area contributed by atoms with Crippen molar-refractivity contribution in [2.45, 2.75) is 0 Å². The highest BCUT2D eigenvalue weighted by molar-refractivity contribution is 6.25. The molecule has 8 aromatic rings. The van der Waals surface area contributed by atoms with Crippen molar-refractivity contribution in [2.24, 2.45) is 0 Å². The van der Waals surface area contributed by atoms with E-state index >= 15 is 0 Å². The van der Waals surface area contributed by atoms with Crippen LogP contribution in [0, 0.1) is 0 Å². The van der Waals surface area contributed by atoms with Crippen molar-refractivity contribution in [3.8, 4) is 39.3 Å². The predicted octanol–water partition coefficient (Wildman–Crippen LogP) is 9.39. The van der Waals surface area contributed by atoms with E-state index in [9.17, 15) is 0 Å². The van der Waals surface area contributed by atoms with Crippen LogP contribution in [0.5, 0.6) is 0 Å². The molecule has 3 heteroatoms. The number of hydrogen-bond acceptors (Lipinski definition) is 2. The van der Waals surface area contributed by atoms with Gasteiger partial charge in [0, 0.05) is 32.8 Å². The Labute approximate surface area is 218 Å². The van der Waals surface area contributed by atoms with E-state index in [1.54, 1.807) is 0 Å². The first kappa shape index (κ1) is 20.0. The van der Waals surface area contributed by atoms with E-state index in [-0.39, 0.29) is 0 Å². The first-order valence-electron chi connectivity index (χ1n) is 12.9. The van der Waals surface area contributed by atoms with Gasteiger partial charge in [0.1, 0.15) is 17.0 Å². The maximum Gasteiger partial charge on any atom is 0.145 e. The lowest BCUT2D eigenvalue weighted by Crippen LogP contribution is -1.97. The molecule has 0 amide bonds. The van der Waals surface area contributed by atoms with E-state index in [4.69, 9.17) is 9.40 Å². The van der Waals surface area contributed by atoms with Crippen molar-refractivity contribution in [1.29, 1.82) is 0 Å². The third-order valence-corrected chi connectivity index (χ3v) is 7.94. The quantitative estimate of drug-likeness (QED) is 0.245. The van der Waals surface area contributed by atoms with Crippen LogP contribution in [0.4, 0.5) is 0 Å². The lowest BCUT2D eigenvalue weighted by atomic mass is 9.99. The first-order chi connectivity index (χ1) is 18.8. The Morgan fingerprint density at radius 3 is 2.21 bits per heavy atom. The summed E-state index contributed by atoms with van der Waals surface area (Å²) in [5.74, 6) is 0.932. The summed E-state index contributed by atoms with van der Waals surface area (Å²) in [6.45, 7) is 0. The molecule has 0 N–H and O–H groups in total. The minimum absolute atomic E-state index is 0.896. The summed E-state index contributed by atoms with van der Waals surface area (Å²) in [6.07, 6.45) is 0. The van der Waals surface area contributed by atoms with Gasteiger partial charge in [-0.05, 0) is 58.7 Å². The monoisotopic (exact) mass is 484 g/mol. The van der Waals surface area contributed by atoms with Gasteiger partial charge >= 0.3 is 0 Å². The van der Waals surface area contributed by atoms with Gasteiger partial charge in [-0.1, -0.05) is 84.9 Å². The van der Waals surface area contributed by atoms with Crippen LogP contribution in [0.25, 0.3) is 83.1 Å². The number of hydrogen-bond donors (Lipinski definition) is 0. The molecule has 2 heterocycles. The Morgan fingerprint density at radius 1 is 0.553 bits per heavy atom. The number of fused-ring (bicyclic) bond motifs is 8. The van der Waals surface area contributed by atoms with Crippen molar-refractivity contribution in [1.82, 2.24) is 9.55 Å². The summed E-state index contributed by atoms with van der Waals surface area (Å²) in [5.41, 5.74) is 11.2. The predicted molar refractivity (Wildman–Crippen MR) is 156 cm³/mol. The summed E-state index contributed by atoms with van der Waals surface area (Å²) in [5, 5.41) is 4.71. The van der Waals surface area contributed by atoms with E-state index in [2.05, 4.69) is 114 Å². The molecule has 1 aliphatic rings. The number of benzene rings is 6. The average Bonchev–Trinajstić information content (AvgIpc) is 3.65. The molecule has 2 aromatic heterocycles. The fourth-order valence-electron chi connectivity index (χ4n) is 6.29. The number of furan rings is 1. The van der Waals surface area contributed by atoms with E-state index in [0.29, 0.717) is 0 Å². The summed E-state index contributed by atoms with van der Waals surface area (Å²) < 4.78 is 8.81. The largest absolute Gasteiger partial charge is 0.455 e. The van der Waals surface area contributed by atoms with Crippen LogP contribution in [0.3, 0.4) is 0 Å². The first-order valence-corrected chi connectivity index (χ1v) is 12.9. The van der Waals surface area contributed by atoms with Gasteiger partial charge in [0.25, 0.3) is 0 Å². The van der Waals surface area contributed by atoms with Gasteiger partial charge < -0.3 is 4.42 Å². The minimum Gasteiger partial charge on any atom is -0.455 e. The van der Waals surface area contributed by atoms with Crippen LogP contribution >= 0.6 is 0 Å². The van der Waals surface area contributed by atoms with Gasteiger partial charge in [0.15, 0.2) is 0 Å². The maximum absolute atomic E-state index is 6.55. The van der Waals surface area contributed by atoms with Crippen molar-refractivity contribution in [3.63, 3.8) is 0 Å². The van der Waals surface area contributed by atoms with Crippen molar-refractivity contribution >= 4 is 43.7 Å². The zero-order valence-corrected chi connectivity index (χ0v) is 20.3. The molecule has 0 atom stereocenters. The Kier molecular flexibility index (Phi) is 3.79. The Morgan fingerprint density at radius 2 is 1.32 bits per heavy atom. The molecule has 38 heavy (non-hydrogen) atoms. The lowest BCUT2D eigenvalue weighted by molar-refractivity contribution is 0.672. The molecular formula is C35H20N2O. The summed E-state index contributed by atoms with van der Waals surface area (Å²) in [6, 6.07) is 42.8. The highest BCUT2D eigenvalue weighted by Crippen LogP contribution is 2.50. The zero-order chi connectivity index (χ0) is 24.8. The van der Waals surface area contributed by atoms with Crippen LogP contribution in [-0.2, 0) is 0 Å². The van der Waals surface area contributed by atoms with E-state index in [1.165, 1.54) is 33.0 Å². The van der Waals surface area contributed by atoms with Gasteiger partial charge in [0.05, 0.1) is 11.0 Å². The minimum atomic E-state index is 0.896. The topological polar surface area (TPSA) is 31.0 Å². The second-order valence-corrected chi connectivity index (χ2v) is 9.98. The Balaban J connectivity index is 1.36. The zero-order valence-electron chi connectivity index (χ0n) is 20.3. The van der Waals surface area contributed by atoms with Crippen LogP contribution in [-0.4, -0.2) is 9.55 Å². The van der Waals surface area contributed by atoms with Crippen LogP contribution in [0.15, 0.2) is 126 Å². The molecule has 0 unspecified atom stereocenters. The molecule has 0 spiro atoms. The molecule has 0 saturated heterocycles. The van der Waals surface area contributed by atoms with Crippen molar-refractivity contribution in [2.75, 3.05) is 0 Å². The normalized spacial score (nSPS) is 12.2. The average molecular weight is 485 g/mol. The third kappa shape index (κ3) is 2.55. The van der Waals surface area contributed by atoms with Gasteiger partial charge in [-0.3, -0.25) is 4.57 Å². The maximum atomic E-state index is 6.55. The Bertz CT molecular complexity index is 2230. The molecule has 9 rings (SSSR count). The second-order valence-electron chi connectivity index (χ2n) is 9.98. The third-order valence-electron chi connectivity index (χ3n) is 7.94. The van der Waals surface area contributed by atoms with E-state index < -0.39 is 0 Å². The van der Waals surface area contributed by atoms with Crippen LogP contribution in [0.1, 0.15) is 0 Å². The summed E-state index contributed by atoms with van der Waals surface area (Å²) in [4.78, 5) is 5.03. The molecular weight excluding hydrogens is 464 g/mol. The molecule has 0 bridgehead atoms. The fourth-order valence-corrected chi connectivity index (χ4v) is 6.29. The van der Waals surface area contributed by atoms with Gasteiger partial charge in [0.2, 0.25) is 0 Å². The van der Waals surface area contributed by atoms with Gasteiger partial charge in [-0.25, -0.2) is 4.98 Å². The van der Waals surface area contributed by atoms with Crippen molar-refractivity contribution in [3.05, 3.63) is 121 Å². The summed E-state index contributed by atoms with van der Waals surface area (Å²) in [7, 11) is 0. The summed E-state index contributed by atoms with van der Waals surface area (Å²) >= 11 is 0. The molecule has 1 aliphatic carbocycles. The molecule has 0 aliphatic heterocycles. The Hall–Kier alpha value is -5.15. The SMILES string of the molecule is c1ccc(-c2nc3ccccc3n2-c2ccc3oc4c5cccc6c5c(cc4c3c2)-c2ccccc2-6)cc1. The molecule has 0 radical (unpaired) electrons. The fraction of sp³-hybridized carbons (Fsp3) is 0. The van der Waals surface area contributed by atoms with E-state index in [0.717, 1.165) is 50.0 Å². The van der Waals surface area contributed by atoms with Crippen molar-refractivity contribution < 1.29 is 4.42 Å².